The van der Waals surface area contributed by atoms with Crippen molar-refractivity contribution in [3.05, 3.63) is 34.6 Å². The first-order valence-electron chi connectivity index (χ1n) is 39.7. The quantitative estimate of drug-likeness (QED) is 0.0285. The molecule has 2 saturated heterocycles. The predicted octanol–water partition coefficient (Wildman–Crippen LogP) is 22.3. The van der Waals surface area contributed by atoms with Gasteiger partial charge in [0.25, 0.3) is 0 Å². The van der Waals surface area contributed by atoms with Crippen LogP contribution in [0.3, 0.4) is 0 Å². The number of carbonyl (C=O) groups is 9. The van der Waals surface area contributed by atoms with Crippen molar-refractivity contribution >= 4 is 53.7 Å². The van der Waals surface area contributed by atoms with E-state index in [9.17, 15) is 154 Å². The number of ether oxygens (including phenoxy) is 8. The zero-order valence-electron chi connectivity index (χ0n) is 75.9. The summed E-state index contributed by atoms with van der Waals surface area (Å²) in [5.74, 6) is -18.9. The number of carboxylic acids is 1. The smallest absolute Gasteiger partial charge is 0.425 e. The van der Waals surface area contributed by atoms with Crippen molar-refractivity contribution in [3.63, 3.8) is 0 Å². The summed E-state index contributed by atoms with van der Waals surface area (Å²) >= 11 is 0. The van der Waals surface area contributed by atoms with Crippen molar-refractivity contribution in [2.24, 2.45) is 49.7 Å². The van der Waals surface area contributed by atoms with E-state index in [4.69, 9.17) is 28.8 Å². The van der Waals surface area contributed by atoms with Crippen molar-refractivity contribution in [1.82, 2.24) is 0 Å². The van der Waals surface area contributed by atoms with E-state index in [1.54, 1.807) is 132 Å². The fraction of sp³-hybridized carbons (Fsp3) is 0.817. The first-order valence-corrected chi connectivity index (χ1v) is 39.7. The number of benzene rings is 1. The van der Waals surface area contributed by atoms with Crippen LogP contribution in [0.1, 0.15) is 289 Å². The molecular weight excluding hydrogens is 1740 g/mol. The summed E-state index contributed by atoms with van der Waals surface area (Å²) in [4.78, 5) is 101. The molecule has 0 aromatic heterocycles. The molecule has 20 nitrogen and oxygen atoms in total. The van der Waals surface area contributed by atoms with Gasteiger partial charge in [-0.05, 0) is 208 Å². The third kappa shape index (κ3) is 42.7. The van der Waals surface area contributed by atoms with E-state index >= 15 is 0 Å². The minimum atomic E-state index is -5.10. The van der Waals surface area contributed by atoms with Crippen molar-refractivity contribution in [1.29, 1.82) is 0 Å². The van der Waals surface area contributed by atoms with Crippen LogP contribution in [0.2, 0.25) is 0 Å². The monoisotopic (exact) mass is 1870 g/mol. The Morgan fingerprint density at radius 1 is 0.368 bits per heavy atom. The maximum atomic E-state index is 13.3. The maximum absolute atomic E-state index is 13.3. The maximum Gasteiger partial charge on any atom is 0.425 e. The Bertz CT molecular complexity index is 3300. The van der Waals surface area contributed by atoms with E-state index in [0.717, 1.165) is 20.8 Å². The fourth-order valence-electron chi connectivity index (χ4n) is 8.24. The van der Waals surface area contributed by atoms with Crippen molar-refractivity contribution in [3.8, 4) is 0 Å². The number of cyclic esters (lactones) is 2. The van der Waals surface area contributed by atoms with Crippen LogP contribution in [-0.2, 0) is 81.0 Å². The van der Waals surface area contributed by atoms with Gasteiger partial charge in [0, 0.05) is 30.2 Å². The molecule has 0 radical (unpaired) electrons. The van der Waals surface area contributed by atoms with Gasteiger partial charge in [-0.3, -0.25) is 33.6 Å². The molecule has 1 saturated carbocycles. The van der Waals surface area contributed by atoms with Crippen molar-refractivity contribution < 1.29 is 197 Å². The van der Waals surface area contributed by atoms with Gasteiger partial charge in [0.2, 0.25) is 18.0 Å². The van der Waals surface area contributed by atoms with Crippen LogP contribution in [0.15, 0.2) is 0 Å². The average molecular weight is 1870 g/mol. The molecule has 1 aromatic rings. The number of hydrogen-bond donors (Lipinski definition) is 3. The molecule has 3 fully saturated rings. The van der Waals surface area contributed by atoms with Crippen molar-refractivity contribution in [2.45, 2.75) is 369 Å². The normalized spacial score (nSPS) is 19.0. The Morgan fingerprint density at radius 3 is 0.760 bits per heavy atom. The summed E-state index contributed by atoms with van der Waals surface area (Å²) in [6, 6.07) is 0. The fourth-order valence-corrected chi connectivity index (χ4v) is 8.24. The molecule has 1 aliphatic carbocycles. The molecule has 10 unspecified atom stereocenters. The van der Waals surface area contributed by atoms with Gasteiger partial charge in [-0.1, -0.05) is 62.3 Å². The first kappa shape index (κ1) is 126. The molecule has 3 N–H and O–H groups in total. The topological polar surface area (TPSA) is 288 Å². The number of halogens is 23. The SMILES string of the molecule is CCC(C)(C)C(=O)O.CCC(C)(C)C(=O)OC(C)C(F)(F)F.CCC(C)(C)C(=O)OC(C)C(F)(F)F.CCC(C)(C)C(=O)OC(C)C(F)(F)F.CCC(C)(C)C(=O)OC1CC(C(C)(O)C(F)(F)F)CC(C(C)(O)C(F)(F)F)C1.CCC(C)(C)C(=O)OC1CCOC1=O.CCC(C)(C)C(=O)OC1CCOC1=O.CCC(C)c1c(F)c(F)c(F)c(F)c1F.FC(F)F. The highest BCUT2D eigenvalue weighted by Crippen LogP contribution is 2.51. The third-order valence-electron chi connectivity index (χ3n) is 21.6. The number of hydrogen-bond acceptors (Lipinski definition) is 19. The number of aliphatic hydroxyl groups is 2. The lowest BCUT2D eigenvalue weighted by Gasteiger charge is -2.46. The van der Waals surface area contributed by atoms with Gasteiger partial charge in [0.1, 0.15) is 6.10 Å². The minimum absolute atomic E-state index is 0.290. The molecule has 0 bridgehead atoms. The van der Waals surface area contributed by atoms with E-state index in [2.05, 4.69) is 14.2 Å². The van der Waals surface area contributed by atoms with Crippen LogP contribution in [-0.4, -0.2) is 168 Å². The third-order valence-corrected chi connectivity index (χ3v) is 21.6. The Hall–Kier alpha value is -7.24. The number of carboxylic acid groups (broad SMARTS) is 1. The van der Waals surface area contributed by atoms with Crippen LogP contribution in [0.25, 0.3) is 0 Å². The van der Waals surface area contributed by atoms with Crippen LogP contribution in [0, 0.1) is 78.8 Å². The molecule has 2 aliphatic heterocycles. The Kier molecular flexibility index (Phi) is 51.7. The molecule has 0 amide bonds. The molecule has 2 heterocycles. The number of aliphatic carboxylic acids is 1. The van der Waals surface area contributed by atoms with Gasteiger partial charge in [0.15, 0.2) is 52.8 Å². The Morgan fingerprint density at radius 2 is 0.584 bits per heavy atom. The molecule has 0 spiro atoms. The molecule has 125 heavy (non-hydrogen) atoms. The van der Waals surface area contributed by atoms with Crippen molar-refractivity contribution in [2.75, 3.05) is 13.2 Å². The van der Waals surface area contributed by atoms with Gasteiger partial charge in [0.05, 0.1) is 51.1 Å². The zero-order chi connectivity index (χ0) is 101. The van der Waals surface area contributed by atoms with E-state index in [1.165, 1.54) is 6.92 Å². The summed E-state index contributed by atoms with van der Waals surface area (Å²) in [6.45, 7) is 39.1. The van der Waals surface area contributed by atoms with E-state index in [1.807, 2.05) is 20.8 Å². The first-order chi connectivity index (χ1) is 55.7. The average Bonchev–Trinajstić information content (AvgIpc) is 1.30. The lowest BCUT2D eigenvalue weighted by Crippen LogP contribution is -2.57. The van der Waals surface area contributed by atoms with Crippen LogP contribution < -0.4 is 0 Å². The standard InChI is InChI=1S/C18H28F6O4.C10H9F5.2C10H16O4.3C9H15F3O2.C6H12O2.CHF3/c1-6-14(2,3)13(25)28-12-8-10(15(4,26)17(19,20)21)7-11(9-12)16(5,27)18(22,23)24;1-3-4(2)5-6(11)8(13)10(15)9(14)7(5)12;2*1-4-10(2,3)9(12)14-7-5-6-13-8(7)11;3*1-5-8(3,4)7(13)14-6(2)9(10,11)12;1-4-6(2,3)5(7)8;2-1(3)4/h10-12,26-27H,6-9H2,1-5H3;4H,3H2,1-2H3;2*7H,4-6H2,1-3H3;3*6H,5H2,1-4H3;4H2,1-3H3,(H,7,8);1H. The molecule has 3 aliphatic rings. The predicted molar refractivity (Wildman–Crippen MR) is 408 cm³/mol. The summed E-state index contributed by atoms with van der Waals surface area (Å²) < 4.78 is 319. The van der Waals surface area contributed by atoms with E-state index in [0.29, 0.717) is 91.3 Å². The number of rotatable bonds is 24. The Labute approximate surface area is 715 Å². The highest BCUT2D eigenvalue weighted by Gasteiger charge is 2.62. The highest BCUT2D eigenvalue weighted by molar-refractivity contribution is 5.84. The summed E-state index contributed by atoms with van der Waals surface area (Å²) in [5.41, 5.74) is -12.5. The number of alkyl halides is 18. The second kappa shape index (κ2) is 51.2. The summed E-state index contributed by atoms with van der Waals surface area (Å²) in [7, 11) is 0. The van der Waals surface area contributed by atoms with Gasteiger partial charge in [-0.25, -0.2) is 31.5 Å². The molecule has 736 valence electrons. The largest absolute Gasteiger partial charge is 0.481 e. The van der Waals surface area contributed by atoms with Crippen LogP contribution in [0.4, 0.5) is 101 Å². The molecular formula is C82H127F23O20. The lowest BCUT2D eigenvalue weighted by atomic mass is 9.67. The second-order valence-electron chi connectivity index (χ2n) is 34.4. The lowest BCUT2D eigenvalue weighted by molar-refractivity contribution is -0.299. The van der Waals surface area contributed by atoms with Crippen LogP contribution in [0.5, 0.6) is 0 Å². The zero-order valence-corrected chi connectivity index (χ0v) is 75.9. The van der Waals surface area contributed by atoms with Gasteiger partial charge < -0.3 is 53.2 Å². The summed E-state index contributed by atoms with van der Waals surface area (Å²) in [5, 5.41) is 28.4. The minimum Gasteiger partial charge on any atom is -0.481 e. The molecule has 4 rings (SSSR count). The Balaban J connectivity index is -0.000000445. The van der Waals surface area contributed by atoms with E-state index < -0.39 is 237 Å². The summed E-state index contributed by atoms with van der Waals surface area (Å²) in [6.07, 6.45) is -29.1. The van der Waals surface area contributed by atoms with Gasteiger partial charge >= 0.3 is 91.3 Å². The second-order valence-corrected chi connectivity index (χ2v) is 34.4. The van der Waals surface area contributed by atoms with Crippen LogP contribution >= 0.6 is 0 Å². The van der Waals surface area contributed by atoms with E-state index in [-0.39, 0.29) is 11.9 Å². The van der Waals surface area contributed by atoms with Gasteiger partial charge in [-0.15, -0.1) is 0 Å². The highest BCUT2D eigenvalue weighted by atomic mass is 19.4. The molecule has 1 aromatic carbocycles. The molecule has 43 heteroatoms. The number of esters is 8. The molecule has 10 atom stereocenters. The van der Waals surface area contributed by atoms with Gasteiger partial charge in [-0.2, -0.15) is 79.0 Å². The number of carbonyl (C=O) groups excluding carboxylic acids is 8.